The van der Waals surface area contributed by atoms with Gasteiger partial charge in [0, 0.05) is 33.8 Å². The van der Waals surface area contributed by atoms with E-state index in [0.29, 0.717) is 31.1 Å². The van der Waals surface area contributed by atoms with Crippen molar-refractivity contribution in [2.45, 2.75) is 70.8 Å². The van der Waals surface area contributed by atoms with Crippen molar-refractivity contribution < 1.29 is 19.1 Å². The van der Waals surface area contributed by atoms with Gasteiger partial charge in [0.05, 0.1) is 13.0 Å². The van der Waals surface area contributed by atoms with E-state index in [0.717, 1.165) is 39.7 Å². The van der Waals surface area contributed by atoms with Crippen molar-refractivity contribution in [3.05, 3.63) is 26.8 Å². The molecule has 0 saturated heterocycles. The molecule has 26 heavy (non-hydrogen) atoms. The first-order chi connectivity index (χ1) is 12.3. The van der Waals surface area contributed by atoms with Crippen molar-refractivity contribution in [3.8, 4) is 5.75 Å². The van der Waals surface area contributed by atoms with Crippen molar-refractivity contribution in [1.82, 2.24) is 0 Å². The molecule has 1 saturated carbocycles. The van der Waals surface area contributed by atoms with Gasteiger partial charge in [-0.1, -0.05) is 13.3 Å². The second-order valence-corrected chi connectivity index (χ2v) is 9.10. The van der Waals surface area contributed by atoms with E-state index in [1.165, 1.54) is 0 Å². The minimum absolute atomic E-state index is 0.199. The van der Waals surface area contributed by atoms with Gasteiger partial charge in [-0.2, -0.15) is 0 Å². The Bertz CT molecular complexity index is 710. The van der Waals surface area contributed by atoms with Gasteiger partial charge in [0.2, 0.25) is 0 Å². The maximum absolute atomic E-state index is 12.1. The van der Waals surface area contributed by atoms with E-state index < -0.39 is 0 Å². The molecule has 1 aliphatic carbocycles. The molecule has 1 heterocycles. The summed E-state index contributed by atoms with van der Waals surface area (Å²) in [5.41, 5.74) is 1.75. The SMILES string of the molecule is CCCCOC(=O)Cc1cc(I)c2c(c1)OC(C)(C)[C@@H]1CCC(=O)C[C@@H]21. The first kappa shape index (κ1) is 19.6. The fourth-order valence-electron chi connectivity index (χ4n) is 4.24. The predicted octanol–water partition coefficient (Wildman–Crippen LogP) is 4.80. The molecule has 0 amide bonds. The zero-order valence-electron chi connectivity index (χ0n) is 15.8. The van der Waals surface area contributed by atoms with E-state index >= 15 is 0 Å². The zero-order chi connectivity index (χ0) is 18.9. The van der Waals surface area contributed by atoms with E-state index in [1.54, 1.807) is 0 Å². The predicted molar refractivity (Wildman–Crippen MR) is 109 cm³/mol. The number of hydrogen-bond acceptors (Lipinski definition) is 4. The minimum Gasteiger partial charge on any atom is -0.487 e. The van der Waals surface area contributed by atoms with Crippen LogP contribution in [0.25, 0.3) is 0 Å². The average molecular weight is 470 g/mol. The molecule has 1 aliphatic heterocycles. The molecule has 0 N–H and O–H groups in total. The summed E-state index contributed by atoms with van der Waals surface area (Å²) in [6.07, 6.45) is 4.29. The van der Waals surface area contributed by atoms with E-state index in [4.69, 9.17) is 9.47 Å². The lowest BCUT2D eigenvalue weighted by atomic mass is 9.66. The van der Waals surface area contributed by atoms with Crippen LogP contribution in [0.5, 0.6) is 5.75 Å². The summed E-state index contributed by atoms with van der Waals surface area (Å²) in [5, 5.41) is 0. The molecular weight excluding hydrogens is 443 g/mol. The van der Waals surface area contributed by atoms with Gasteiger partial charge in [0.25, 0.3) is 0 Å². The Morgan fingerprint density at radius 1 is 1.38 bits per heavy atom. The number of ketones is 1. The second-order valence-electron chi connectivity index (χ2n) is 7.94. The maximum atomic E-state index is 12.1. The highest BCUT2D eigenvalue weighted by atomic mass is 127. The van der Waals surface area contributed by atoms with Crippen LogP contribution in [0.4, 0.5) is 0 Å². The number of Topliss-reactive ketones (excluding diaryl/α,β-unsaturated/α-hetero) is 1. The third-order valence-corrected chi connectivity index (χ3v) is 6.46. The number of unbranched alkanes of at least 4 members (excludes halogenated alkanes) is 1. The molecule has 0 aromatic heterocycles. The molecule has 3 rings (SSSR count). The number of hydrogen-bond donors (Lipinski definition) is 0. The number of ether oxygens (including phenoxy) is 2. The average Bonchev–Trinajstić information content (AvgIpc) is 2.53. The molecule has 2 atom stereocenters. The number of carbonyl (C=O) groups excluding carboxylic acids is 2. The lowest BCUT2D eigenvalue weighted by Crippen LogP contribution is -2.47. The molecule has 2 aliphatic rings. The fourth-order valence-corrected chi connectivity index (χ4v) is 5.31. The fraction of sp³-hybridized carbons (Fsp3) is 0.619. The smallest absolute Gasteiger partial charge is 0.310 e. The van der Waals surface area contributed by atoms with Gasteiger partial charge in [-0.05, 0) is 67.0 Å². The van der Waals surface area contributed by atoms with Crippen molar-refractivity contribution in [2.75, 3.05) is 6.61 Å². The van der Waals surface area contributed by atoms with Crippen LogP contribution in [0.15, 0.2) is 12.1 Å². The summed E-state index contributed by atoms with van der Waals surface area (Å²) in [6.45, 7) is 6.78. The molecule has 5 heteroatoms. The second kappa shape index (κ2) is 7.87. The molecular formula is C21H27IO4. The third kappa shape index (κ3) is 4.07. The number of rotatable bonds is 5. The monoisotopic (exact) mass is 470 g/mol. The van der Waals surface area contributed by atoms with Crippen LogP contribution in [0.3, 0.4) is 0 Å². The Balaban J connectivity index is 1.86. The van der Waals surface area contributed by atoms with E-state index in [-0.39, 0.29) is 23.9 Å². The topological polar surface area (TPSA) is 52.6 Å². The van der Waals surface area contributed by atoms with Crippen LogP contribution in [0, 0.1) is 9.49 Å². The third-order valence-electron chi connectivity index (χ3n) is 5.56. The van der Waals surface area contributed by atoms with E-state index in [2.05, 4.69) is 43.4 Å². The number of benzene rings is 1. The Kier molecular flexibility index (Phi) is 5.94. The standard InChI is InChI=1S/C21H27IO4/c1-4-5-8-25-19(24)11-13-9-17(22)20-15-12-14(23)6-7-16(15)21(2,3)26-18(20)10-13/h9-10,15-16H,4-8,11-12H2,1-3H3/t15-,16-/m1/s1. The van der Waals surface area contributed by atoms with Crippen LogP contribution < -0.4 is 4.74 Å². The number of esters is 1. The first-order valence-corrected chi connectivity index (χ1v) is 10.6. The first-order valence-electron chi connectivity index (χ1n) is 9.50. The normalized spacial score (nSPS) is 23.6. The van der Waals surface area contributed by atoms with Gasteiger partial charge in [-0.3, -0.25) is 9.59 Å². The maximum Gasteiger partial charge on any atom is 0.310 e. The van der Waals surface area contributed by atoms with Crippen LogP contribution in [-0.4, -0.2) is 24.0 Å². The highest BCUT2D eigenvalue weighted by Crippen LogP contribution is 2.52. The highest BCUT2D eigenvalue weighted by molar-refractivity contribution is 14.1. The van der Waals surface area contributed by atoms with Gasteiger partial charge in [0.1, 0.15) is 17.1 Å². The lowest BCUT2D eigenvalue weighted by molar-refractivity contribution is -0.142. The van der Waals surface area contributed by atoms with Crippen LogP contribution in [0.2, 0.25) is 0 Å². The van der Waals surface area contributed by atoms with Crippen molar-refractivity contribution in [1.29, 1.82) is 0 Å². The zero-order valence-corrected chi connectivity index (χ0v) is 17.9. The quantitative estimate of drug-likeness (QED) is 0.353. The molecule has 0 spiro atoms. The molecule has 1 aromatic carbocycles. The summed E-state index contributed by atoms with van der Waals surface area (Å²) in [6, 6.07) is 4.01. The van der Waals surface area contributed by atoms with Crippen LogP contribution in [0.1, 0.15) is 69.9 Å². The van der Waals surface area contributed by atoms with Gasteiger partial charge in [-0.25, -0.2) is 0 Å². The molecule has 142 valence electrons. The van der Waals surface area contributed by atoms with Crippen molar-refractivity contribution in [2.24, 2.45) is 5.92 Å². The summed E-state index contributed by atoms with van der Waals surface area (Å²) in [7, 11) is 0. The molecule has 1 aromatic rings. The van der Waals surface area contributed by atoms with Gasteiger partial charge in [0.15, 0.2) is 0 Å². The summed E-state index contributed by atoms with van der Waals surface area (Å²) in [4.78, 5) is 24.1. The van der Waals surface area contributed by atoms with Gasteiger partial charge in [-0.15, -0.1) is 0 Å². The van der Waals surface area contributed by atoms with E-state index in [1.807, 2.05) is 12.1 Å². The van der Waals surface area contributed by atoms with Crippen molar-refractivity contribution >= 4 is 34.3 Å². The Hall–Kier alpha value is -1.11. The highest BCUT2D eigenvalue weighted by Gasteiger charge is 2.47. The largest absolute Gasteiger partial charge is 0.487 e. The number of carbonyl (C=O) groups is 2. The molecule has 0 radical (unpaired) electrons. The van der Waals surface area contributed by atoms with Crippen molar-refractivity contribution in [3.63, 3.8) is 0 Å². The molecule has 0 unspecified atom stereocenters. The van der Waals surface area contributed by atoms with E-state index in [9.17, 15) is 9.59 Å². The van der Waals surface area contributed by atoms with Crippen LogP contribution >= 0.6 is 22.6 Å². The molecule has 4 nitrogen and oxygen atoms in total. The minimum atomic E-state index is -0.304. The van der Waals surface area contributed by atoms with Gasteiger partial charge >= 0.3 is 5.97 Å². The Morgan fingerprint density at radius 2 is 2.15 bits per heavy atom. The Morgan fingerprint density at radius 3 is 2.88 bits per heavy atom. The van der Waals surface area contributed by atoms with Gasteiger partial charge < -0.3 is 9.47 Å². The Labute approximate surface area is 169 Å². The molecule has 0 bridgehead atoms. The lowest BCUT2D eigenvalue weighted by Gasteiger charge is -2.47. The summed E-state index contributed by atoms with van der Waals surface area (Å²) in [5.74, 6) is 1.54. The number of halogens is 1. The summed E-state index contributed by atoms with van der Waals surface area (Å²) < 4.78 is 12.7. The van der Waals surface area contributed by atoms with Crippen LogP contribution in [-0.2, 0) is 20.7 Å². The summed E-state index contributed by atoms with van der Waals surface area (Å²) >= 11 is 2.31. The molecule has 1 fully saturated rings. The number of fused-ring (bicyclic) bond motifs is 3.